The highest BCUT2D eigenvalue weighted by molar-refractivity contribution is 6.30. The van der Waals surface area contributed by atoms with Crippen LogP contribution in [-0.2, 0) is 13.0 Å². The third-order valence-electron chi connectivity index (χ3n) is 5.53. The Morgan fingerprint density at radius 2 is 1.67 bits per heavy atom. The van der Waals surface area contributed by atoms with Gasteiger partial charge in [0.2, 0.25) is 0 Å². The number of aryl methyl sites for hydroxylation is 1. The number of carbonyl (C=O) groups is 1. The molecule has 6 heteroatoms. The van der Waals surface area contributed by atoms with E-state index in [0.717, 1.165) is 54.8 Å². The van der Waals surface area contributed by atoms with E-state index in [4.69, 9.17) is 21.3 Å². The Bertz CT molecular complexity index is 1170. The molecular formula is C27H28ClN3O2. The average molecular weight is 462 g/mol. The molecule has 1 amide bonds. The van der Waals surface area contributed by atoms with E-state index in [0.29, 0.717) is 23.7 Å². The first-order chi connectivity index (χ1) is 16.2. The van der Waals surface area contributed by atoms with Crippen LogP contribution in [0.15, 0.2) is 78.9 Å². The van der Waals surface area contributed by atoms with E-state index in [1.807, 2.05) is 42.5 Å². The molecule has 0 unspecified atom stereocenters. The Morgan fingerprint density at radius 3 is 2.48 bits per heavy atom. The number of hydrogen-bond donors (Lipinski definition) is 1. The van der Waals surface area contributed by atoms with Crippen molar-refractivity contribution in [1.82, 2.24) is 14.9 Å². The predicted molar refractivity (Wildman–Crippen MR) is 133 cm³/mol. The molecule has 33 heavy (non-hydrogen) atoms. The molecule has 5 nitrogen and oxygen atoms in total. The summed E-state index contributed by atoms with van der Waals surface area (Å²) in [7, 11) is 0. The lowest BCUT2D eigenvalue weighted by atomic mass is 10.1. The normalized spacial score (nSPS) is 10.9. The molecule has 4 rings (SSSR count). The van der Waals surface area contributed by atoms with Gasteiger partial charge in [0.15, 0.2) is 0 Å². The van der Waals surface area contributed by atoms with Gasteiger partial charge in [-0.05, 0) is 61.4 Å². The van der Waals surface area contributed by atoms with Gasteiger partial charge < -0.3 is 14.6 Å². The van der Waals surface area contributed by atoms with Gasteiger partial charge in [-0.15, -0.1) is 0 Å². The number of nitrogens with one attached hydrogen (secondary N) is 1. The molecule has 0 saturated heterocycles. The third kappa shape index (κ3) is 6.36. The number of aromatic nitrogens is 2. The van der Waals surface area contributed by atoms with Gasteiger partial charge in [-0.3, -0.25) is 4.79 Å². The Balaban J connectivity index is 1.26. The van der Waals surface area contributed by atoms with Crippen molar-refractivity contribution in [2.45, 2.75) is 32.2 Å². The predicted octanol–water partition coefficient (Wildman–Crippen LogP) is 5.91. The van der Waals surface area contributed by atoms with Crippen molar-refractivity contribution in [2.75, 3.05) is 13.2 Å². The lowest BCUT2D eigenvalue weighted by Gasteiger charge is -2.11. The minimum Gasteiger partial charge on any atom is -0.492 e. The summed E-state index contributed by atoms with van der Waals surface area (Å²) in [6.07, 6.45) is 3.85. The zero-order chi connectivity index (χ0) is 22.9. The number of imidazole rings is 1. The van der Waals surface area contributed by atoms with E-state index in [2.05, 4.69) is 22.0 Å². The number of unbranched alkanes of at least 4 members (excludes halogenated alkanes) is 2. The van der Waals surface area contributed by atoms with E-state index < -0.39 is 0 Å². The standard InChI is InChI=1S/C27H28ClN3O2/c28-22-16-14-21(15-17-22)27(32)29-18-8-2-5-13-26-30-24-11-6-7-12-25(24)31(26)19-20-33-23-9-3-1-4-10-23/h1,3-4,6-7,9-12,14-17H,2,5,8,13,18-20H2,(H,29,32). The van der Waals surface area contributed by atoms with Crippen LogP contribution < -0.4 is 10.1 Å². The van der Waals surface area contributed by atoms with Crippen molar-refractivity contribution in [2.24, 2.45) is 0 Å². The topological polar surface area (TPSA) is 56.2 Å². The van der Waals surface area contributed by atoms with Crippen LogP contribution in [-0.4, -0.2) is 28.6 Å². The van der Waals surface area contributed by atoms with Gasteiger partial charge in [-0.2, -0.15) is 0 Å². The lowest BCUT2D eigenvalue weighted by molar-refractivity contribution is 0.0953. The summed E-state index contributed by atoms with van der Waals surface area (Å²) < 4.78 is 8.17. The molecule has 170 valence electrons. The second-order valence-corrected chi connectivity index (χ2v) is 8.34. The van der Waals surface area contributed by atoms with Crippen LogP contribution in [0.2, 0.25) is 5.02 Å². The molecule has 0 atom stereocenters. The molecule has 0 fully saturated rings. The first kappa shape index (κ1) is 22.9. The van der Waals surface area contributed by atoms with Gasteiger partial charge in [0, 0.05) is 23.6 Å². The molecule has 3 aromatic carbocycles. The van der Waals surface area contributed by atoms with E-state index >= 15 is 0 Å². The summed E-state index contributed by atoms with van der Waals surface area (Å²) in [5.41, 5.74) is 2.78. The van der Waals surface area contributed by atoms with Crippen molar-refractivity contribution in [1.29, 1.82) is 0 Å². The van der Waals surface area contributed by atoms with Crippen LogP contribution in [0.5, 0.6) is 5.75 Å². The fourth-order valence-electron chi connectivity index (χ4n) is 3.83. The Hall–Kier alpha value is -3.31. The Morgan fingerprint density at radius 1 is 0.909 bits per heavy atom. The quantitative estimate of drug-likeness (QED) is 0.282. The molecule has 1 aromatic heterocycles. The number of para-hydroxylation sites is 3. The smallest absolute Gasteiger partial charge is 0.251 e. The summed E-state index contributed by atoms with van der Waals surface area (Å²) >= 11 is 5.88. The Kier molecular flexibility index (Phi) is 7.99. The van der Waals surface area contributed by atoms with Gasteiger partial charge in [0.05, 0.1) is 17.6 Å². The van der Waals surface area contributed by atoms with E-state index in [-0.39, 0.29) is 5.91 Å². The first-order valence-electron chi connectivity index (χ1n) is 11.4. The van der Waals surface area contributed by atoms with Crippen molar-refractivity contribution in [3.8, 4) is 5.75 Å². The number of nitrogens with zero attached hydrogens (tertiary/aromatic N) is 2. The highest BCUT2D eigenvalue weighted by atomic mass is 35.5. The lowest BCUT2D eigenvalue weighted by Crippen LogP contribution is -2.24. The molecule has 0 spiro atoms. The number of rotatable bonds is 11. The first-order valence-corrected chi connectivity index (χ1v) is 11.7. The van der Waals surface area contributed by atoms with Crippen molar-refractivity contribution in [3.63, 3.8) is 0 Å². The van der Waals surface area contributed by atoms with Crippen LogP contribution >= 0.6 is 11.6 Å². The molecule has 0 aliphatic carbocycles. The fraction of sp³-hybridized carbons (Fsp3) is 0.259. The number of halogens is 1. The summed E-state index contributed by atoms with van der Waals surface area (Å²) in [6, 6.07) is 25.1. The van der Waals surface area contributed by atoms with Crippen molar-refractivity contribution in [3.05, 3.63) is 95.3 Å². The summed E-state index contributed by atoms with van der Waals surface area (Å²) in [5, 5.41) is 3.60. The number of amides is 1. The second-order valence-electron chi connectivity index (χ2n) is 7.90. The molecule has 0 saturated carbocycles. The number of fused-ring (bicyclic) bond motifs is 1. The highest BCUT2D eigenvalue weighted by Gasteiger charge is 2.10. The number of ether oxygens (including phenoxy) is 1. The minimum absolute atomic E-state index is 0.0631. The van der Waals surface area contributed by atoms with E-state index in [1.54, 1.807) is 24.3 Å². The maximum Gasteiger partial charge on any atom is 0.251 e. The van der Waals surface area contributed by atoms with Gasteiger partial charge in [-0.1, -0.05) is 48.4 Å². The van der Waals surface area contributed by atoms with Crippen LogP contribution in [0.1, 0.15) is 35.4 Å². The molecule has 0 bridgehead atoms. The molecule has 0 aliphatic rings. The number of benzene rings is 3. The van der Waals surface area contributed by atoms with Gasteiger partial charge in [-0.25, -0.2) is 4.98 Å². The number of hydrogen-bond acceptors (Lipinski definition) is 3. The average Bonchev–Trinajstić information content (AvgIpc) is 3.19. The molecule has 0 radical (unpaired) electrons. The van der Waals surface area contributed by atoms with Crippen molar-refractivity contribution < 1.29 is 9.53 Å². The molecule has 1 heterocycles. The number of carbonyl (C=O) groups excluding carboxylic acids is 1. The molecule has 0 aliphatic heterocycles. The van der Waals surface area contributed by atoms with Crippen LogP contribution in [0, 0.1) is 0 Å². The summed E-state index contributed by atoms with van der Waals surface area (Å²) in [4.78, 5) is 17.0. The van der Waals surface area contributed by atoms with Gasteiger partial charge in [0.1, 0.15) is 18.2 Å². The molecule has 4 aromatic rings. The zero-order valence-corrected chi connectivity index (χ0v) is 19.3. The van der Waals surface area contributed by atoms with Crippen LogP contribution in [0.25, 0.3) is 11.0 Å². The summed E-state index contributed by atoms with van der Waals surface area (Å²) in [5.74, 6) is 1.90. The maximum atomic E-state index is 12.2. The zero-order valence-electron chi connectivity index (χ0n) is 18.5. The van der Waals surface area contributed by atoms with Gasteiger partial charge in [0.25, 0.3) is 5.91 Å². The fourth-order valence-corrected chi connectivity index (χ4v) is 3.95. The monoisotopic (exact) mass is 461 g/mol. The SMILES string of the molecule is O=C(NCCCCCc1nc2ccccc2n1CCOc1ccccc1)c1ccc(Cl)cc1. The largest absolute Gasteiger partial charge is 0.492 e. The second kappa shape index (κ2) is 11.5. The van der Waals surface area contributed by atoms with Crippen LogP contribution in [0.4, 0.5) is 0 Å². The van der Waals surface area contributed by atoms with E-state index in [9.17, 15) is 4.79 Å². The summed E-state index contributed by atoms with van der Waals surface area (Å²) in [6.45, 7) is 2.00. The maximum absolute atomic E-state index is 12.2. The van der Waals surface area contributed by atoms with Crippen LogP contribution in [0.3, 0.4) is 0 Å². The van der Waals surface area contributed by atoms with Crippen molar-refractivity contribution >= 4 is 28.5 Å². The molecule has 1 N–H and O–H groups in total. The molecular weight excluding hydrogens is 434 g/mol. The highest BCUT2D eigenvalue weighted by Crippen LogP contribution is 2.18. The van der Waals surface area contributed by atoms with E-state index in [1.165, 1.54) is 0 Å². The minimum atomic E-state index is -0.0631. The third-order valence-corrected chi connectivity index (χ3v) is 5.78. The van der Waals surface area contributed by atoms with Gasteiger partial charge >= 0.3 is 0 Å². The Labute approximate surface area is 199 Å².